The van der Waals surface area contributed by atoms with Crippen LogP contribution in [0.15, 0.2) is 60.7 Å². The highest BCUT2D eigenvalue weighted by molar-refractivity contribution is 6.14. The number of hydrogen-bond acceptors (Lipinski definition) is 5. The van der Waals surface area contributed by atoms with Gasteiger partial charge in [0.1, 0.15) is 0 Å². The van der Waals surface area contributed by atoms with Crippen LogP contribution in [-0.4, -0.2) is 16.8 Å². The van der Waals surface area contributed by atoms with Gasteiger partial charge in [-0.1, -0.05) is 36.4 Å². The highest BCUT2D eigenvalue weighted by Crippen LogP contribution is 2.24. The van der Waals surface area contributed by atoms with Crippen LogP contribution in [-0.2, 0) is 0 Å². The van der Waals surface area contributed by atoms with Crippen LogP contribution < -0.4 is 10.4 Å². The topological polar surface area (TPSA) is 112 Å². The fourth-order valence-corrected chi connectivity index (χ4v) is 2.54. The van der Waals surface area contributed by atoms with Crippen molar-refractivity contribution in [1.29, 1.82) is 0 Å². The van der Waals surface area contributed by atoms with Crippen molar-refractivity contribution in [3.05, 3.63) is 81.9 Å². The van der Waals surface area contributed by atoms with E-state index >= 15 is 0 Å². The van der Waals surface area contributed by atoms with E-state index in [4.69, 9.17) is 0 Å². The van der Waals surface area contributed by atoms with E-state index in [0.717, 1.165) is 23.6 Å². The second-order valence-electron chi connectivity index (χ2n) is 5.26. The van der Waals surface area contributed by atoms with Crippen molar-refractivity contribution in [2.24, 2.45) is 0 Å². The lowest BCUT2D eigenvalue weighted by atomic mass is 10.0. The number of amides is 1. The average Bonchev–Trinajstić information content (AvgIpc) is 2.60. The Hall–Kier alpha value is -3.74. The van der Waals surface area contributed by atoms with Gasteiger partial charge in [-0.25, -0.2) is 0 Å². The maximum atomic E-state index is 12.6. The van der Waals surface area contributed by atoms with Crippen LogP contribution in [0.25, 0.3) is 10.8 Å². The molecule has 124 valence electrons. The predicted molar refractivity (Wildman–Crippen MR) is 89.3 cm³/mol. The van der Waals surface area contributed by atoms with E-state index in [1.165, 1.54) is 0 Å². The molecule has 0 saturated heterocycles. The first-order valence-corrected chi connectivity index (χ1v) is 7.26. The summed E-state index contributed by atoms with van der Waals surface area (Å²) in [6, 6.07) is 15.4. The van der Waals surface area contributed by atoms with Gasteiger partial charge in [0.05, 0.1) is 16.6 Å². The van der Waals surface area contributed by atoms with Gasteiger partial charge in [-0.3, -0.25) is 14.9 Å². The lowest BCUT2D eigenvalue weighted by Crippen LogP contribution is -2.25. The Labute approximate surface area is 141 Å². The number of carboxylic acid groups (broad SMARTS) is 1. The van der Waals surface area contributed by atoms with E-state index < -0.39 is 16.8 Å². The Kier molecular flexibility index (Phi) is 4.13. The second kappa shape index (κ2) is 6.40. The molecule has 7 heteroatoms. The lowest BCUT2D eigenvalue weighted by Gasteiger charge is -2.13. The molecule has 0 spiro atoms. The molecule has 0 atom stereocenters. The molecule has 7 nitrogen and oxygen atoms in total. The third kappa shape index (κ3) is 3.16. The molecule has 0 aliphatic heterocycles. The quantitative estimate of drug-likeness (QED) is 0.581. The molecule has 0 saturated carbocycles. The summed E-state index contributed by atoms with van der Waals surface area (Å²) in [6.07, 6.45) is 0. The monoisotopic (exact) mass is 335 g/mol. The number of nitro groups is 1. The largest absolute Gasteiger partial charge is 0.545 e. The number of fused-ring (bicyclic) bond motifs is 1. The zero-order valence-electron chi connectivity index (χ0n) is 12.8. The Bertz CT molecular complexity index is 1010. The minimum absolute atomic E-state index is 0.188. The molecule has 0 bridgehead atoms. The lowest BCUT2D eigenvalue weighted by molar-refractivity contribution is -0.384. The molecule has 0 fully saturated rings. The minimum Gasteiger partial charge on any atom is -0.545 e. The third-order valence-corrected chi connectivity index (χ3v) is 3.72. The van der Waals surface area contributed by atoms with Crippen molar-refractivity contribution in [3.8, 4) is 0 Å². The molecule has 0 heterocycles. The molecule has 0 unspecified atom stereocenters. The highest BCUT2D eigenvalue weighted by atomic mass is 16.6. The van der Waals surface area contributed by atoms with Gasteiger partial charge >= 0.3 is 0 Å². The number of carbonyl (C=O) groups is 2. The molecule has 0 aromatic heterocycles. The molecule has 3 rings (SSSR count). The number of hydrogen-bond donors (Lipinski definition) is 1. The molecule has 25 heavy (non-hydrogen) atoms. The number of anilines is 1. The second-order valence-corrected chi connectivity index (χ2v) is 5.26. The molecular formula is C18H11N2O5-. The van der Waals surface area contributed by atoms with Gasteiger partial charge in [-0.05, 0) is 22.9 Å². The number of aromatic carboxylic acids is 1. The zero-order chi connectivity index (χ0) is 18.0. The smallest absolute Gasteiger partial charge is 0.271 e. The van der Waals surface area contributed by atoms with Crippen LogP contribution in [0.2, 0.25) is 0 Å². The Morgan fingerprint density at radius 1 is 0.920 bits per heavy atom. The first-order valence-electron chi connectivity index (χ1n) is 7.26. The number of non-ortho nitro benzene ring substituents is 1. The molecular weight excluding hydrogens is 324 g/mol. The molecule has 3 aromatic carbocycles. The van der Waals surface area contributed by atoms with E-state index in [2.05, 4.69) is 5.32 Å². The standard InChI is InChI=1S/C18H12N2O5/c21-17(14-7-3-5-11-4-1-2-6-13(11)14)19-16-10-12(20(24)25)8-9-15(16)18(22)23/h1-10H,(H,19,21)(H,22,23)/p-1. The molecule has 0 aliphatic rings. The fraction of sp³-hybridized carbons (Fsp3) is 0. The number of benzene rings is 3. The van der Waals surface area contributed by atoms with Crippen molar-refractivity contribution in [3.63, 3.8) is 0 Å². The maximum absolute atomic E-state index is 12.6. The van der Waals surface area contributed by atoms with E-state index in [9.17, 15) is 24.8 Å². The number of rotatable bonds is 4. The van der Waals surface area contributed by atoms with Crippen molar-refractivity contribution < 1.29 is 19.6 Å². The van der Waals surface area contributed by atoms with Crippen LogP contribution in [0.5, 0.6) is 0 Å². The number of carbonyl (C=O) groups excluding carboxylic acids is 2. The zero-order valence-corrected chi connectivity index (χ0v) is 12.8. The van der Waals surface area contributed by atoms with E-state index in [-0.39, 0.29) is 16.9 Å². The number of nitro benzene ring substituents is 1. The van der Waals surface area contributed by atoms with Gasteiger partial charge < -0.3 is 15.2 Å². The van der Waals surface area contributed by atoms with Crippen LogP contribution in [0, 0.1) is 10.1 Å². The molecule has 1 amide bonds. The maximum Gasteiger partial charge on any atom is 0.271 e. The fourth-order valence-electron chi connectivity index (χ4n) is 2.54. The van der Waals surface area contributed by atoms with Gasteiger partial charge in [0.2, 0.25) is 0 Å². The van der Waals surface area contributed by atoms with Crippen LogP contribution in [0.1, 0.15) is 20.7 Å². The normalized spacial score (nSPS) is 10.4. The van der Waals surface area contributed by atoms with E-state index in [0.29, 0.717) is 10.9 Å². The minimum atomic E-state index is -1.54. The third-order valence-electron chi connectivity index (χ3n) is 3.72. The molecule has 0 aliphatic carbocycles. The van der Waals surface area contributed by atoms with Crippen LogP contribution >= 0.6 is 0 Å². The predicted octanol–water partition coefficient (Wildman–Crippen LogP) is 2.36. The first kappa shape index (κ1) is 16.1. The summed E-state index contributed by atoms with van der Waals surface area (Å²) in [7, 11) is 0. The van der Waals surface area contributed by atoms with Crippen molar-refractivity contribution >= 4 is 34.0 Å². The van der Waals surface area contributed by atoms with Crippen molar-refractivity contribution in [2.45, 2.75) is 0 Å². The summed E-state index contributed by atoms with van der Waals surface area (Å²) in [5.74, 6) is -2.11. The summed E-state index contributed by atoms with van der Waals surface area (Å²) < 4.78 is 0. The van der Waals surface area contributed by atoms with Gasteiger partial charge in [-0.2, -0.15) is 0 Å². The SMILES string of the molecule is O=C([O-])c1ccc([N+](=O)[O-])cc1NC(=O)c1cccc2ccccc12. The number of carboxylic acids is 1. The van der Waals surface area contributed by atoms with Crippen molar-refractivity contribution in [1.82, 2.24) is 0 Å². The highest BCUT2D eigenvalue weighted by Gasteiger charge is 2.16. The summed E-state index contributed by atoms with van der Waals surface area (Å²) in [5.41, 5.74) is -0.529. The molecule has 1 N–H and O–H groups in total. The summed E-state index contributed by atoms with van der Waals surface area (Å²) in [6.45, 7) is 0. The van der Waals surface area contributed by atoms with Gasteiger partial charge in [0, 0.05) is 23.3 Å². The Morgan fingerprint density at radius 3 is 2.36 bits per heavy atom. The molecule has 0 radical (unpaired) electrons. The summed E-state index contributed by atoms with van der Waals surface area (Å²) in [5, 5.41) is 26.1. The number of nitrogens with one attached hydrogen (secondary N) is 1. The number of nitrogens with zero attached hydrogens (tertiary/aromatic N) is 1. The Balaban J connectivity index is 2.04. The molecule has 3 aromatic rings. The summed E-state index contributed by atoms with van der Waals surface area (Å²) in [4.78, 5) is 34.0. The van der Waals surface area contributed by atoms with Crippen molar-refractivity contribution in [2.75, 3.05) is 5.32 Å². The van der Waals surface area contributed by atoms with Gasteiger partial charge in [0.25, 0.3) is 11.6 Å². The first-order chi connectivity index (χ1) is 12.0. The summed E-state index contributed by atoms with van der Waals surface area (Å²) >= 11 is 0. The van der Waals surface area contributed by atoms with E-state index in [1.54, 1.807) is 24.3 Å². The van der Waals surface area contributed by atoms with Crippen LogP contribution in [0.3, 0.4) is 0 Å². The van der Waals surface area contributed by atoms with Gasteiger partial charge in [0.15, 0.2) is 0 Å². The Morgan fingerprint density at radius 2 is 1.64 bits per heavy atom. The van der Waals surface area contributed by atoms with Crippen LogP contribution in [0.4, 0.5) is 11.4 Å². The van der Waals surface area contributed by atoms with Gasteiger partial charge in [-0.15, -0.1) is 0 Å². The van der Waals surface area contributed by atoms with E-state index in [1.807, 2.05) is 18.2 Å². The average molecular weight is 335 g/mol.